The molecule has 0 aliphatic rings. The van der Waals surface area contributed by atoms with Crippen LogP contribution in [0, 0.1) is 5.92 Å². The van der Waals surface area contributed by atoms with E-state index in [2.05, 4.69) is 5.32 Å². The number of methoxy groups -OCH3 is 1. The molecule has 0 aliphatic carbocycles. The van der Waals surface area contributed by atoms with Crippen LogP contribution in [0.3, 0.4) is 0 Å². The number of esters is 2. The summed E-state index contributed by atoms with van der Waals surface area (Å²) in [5, 5.41) is 2.21. The summed E-state index contributed by atoms with van der Waals surface area (Å²) in [4.78, 5) is 47.1. The number of hydrogen-bond acceptors (Lipinski definition) is 7. The van der Waals surface area contributed by atoms with E-state index < -0.39 is 43.4 Å². The molecule has 172 valence electrons. The van der Waals surface area contributed by atoms with Crippen molar-refractivity contribution >= 4 is 25.6 Å². The van der Waals surface area contributed by atoms with Crippen molar-refractivity contribution in [2.75, 3.05) is 7.11 Å². The van der Waals surface area contributed by atoms with Gasteiger partial charge in [-0.2, -0.15) is 0 Å². The van der Waals surface area contributed by atoms with Gasteiger partial charge in [0.25, 0.3) is 0 Å². The zero-order chi connectivity index (χ0) is 23.7. The second kappa shape index (κ2) is 11.6. The van der Waals surface area contributed by atoms with Crippen molar-refractivity contribution in [3.05, 3.63) is 71.8 Å². The van der Waals surface area contributed by atoms with E-state index in [0.29, 0.717) is 5.56 Å². The zero-order valence-electron chi connectivity index (χ0n) is 18.0. The van der Waals surface area contributed by atoms with Crippen LogP contribution in [0.25, 0.3) is 0 Å². The summed E-state index contributed by atoms with van der Waals surface area (Å²) in [6, 6.07) is 16.6. The van der Waals surface area contributed by atoms with Gasteiger partial charge >= 0.3 is 25.6 Å². The average Bonchev–Trinajstić information content (AvgIpc) is 2.77. The molecule has 2 N–H and O–H groups in total. The molecule has 0 radical (unpaired) electrons. The Morgan fingerprint density at radius 2 is 1.56 bits per heavy atom. The van der Waals surface area contributed by atoms with Gasteiger partial charge in [0.2, 0.25) is 0 Å². The third-order valence-corrected chi connectivity index (χ3v) is 6.43. The Morgan fingerprint density at radius 3 is 2.09 bits per heavy atom. The molecule has 3 atom stereocenters. The summed E-state index contributed by atoms with van der Waals surface area (Å²) >= 11 is 0. The molecule has 0 fully saturated rings. The first kappa shape index (κ1) is 25.3. The first-order chi connectivity index (χ1) is 15.1. The normalized spacial score (nSPS) is 14.7. The smallest absolute Gasteiger partial charge is 0.415 e. The van der Waals surface area contributed by atoms with E-state index in [1.165, 1.54) is 12.1 Å². The van der Waals surface area contributed by atoms with Gasteiger partial charge in [0.1, 0.15) is 5.78 Å². The van der Waals surface area contributed by atoms with Crippen LogP contribution < -0.4 is 5.32 Å². The van der Waals surface area contributed by atoms with Gasteiger partial charge < -0.3 is 19.7 Å². The van der Waals surface area contributed by atoms with Gasteiger partial charge in [-0.25, -0.2) is 14.4 Å². The van der Waals surface area contributed by atoms with Crippen LogP contribution in [-0.2, 0) is 29.8 Å². The van der Waals surface area contributed by atoms with Crippen LogP contribution in [0.5, 0.6) is 0 Å². The van der Waals surface area contributed by atoms with E-state index >= 15 is 0 Å². The van der Waals surface area contributed by atoms with Crippen LogP contribution >= 0.6 is 7.60 Å². The van der Waals surface area contributed by atoms with Crippen molar-refractivity contribution in [1.29, 1.82) is 0 Å². The van der Waals surface area contributed by atoms with Crippen molar-refractivity contribution in [2.45, 2.75) is 32.2 Å². The second-order valence-corrected chi connectivity index (χ2v) is 9.14. The molecule has 0 saturated heterocycles. The zero-order valence-corrected chi connectivity index (χ0v) is 18.9. The Hall–Kier alpha value is -3.00. The lowest BCUT2D eigenvalue weighted by Gasteiger charge is -2.28. The van der Waals surface area contributed by atoms with Gasteiger partial charge in [0.05, 0.1) is 12.7 Å². The van der Waals surface area contributed by atoms with Crippen molar-refractivity contribution in [2.24, 2.45) is 5.92 Å². The predicted molar refractivity (Wildman–Crippen MR) is 116 cm³/mol. The highest BCUT2D eigenvalue weighted by molar-refractivity contribution is 7.53. The maximum Gasteiger partial charge on any atom is 0.415 e. The summed E-state index contributed by atoms with van der Waals surface area (Å²) in [6.07, 6.45) is -2.61. The molecular weight excluding hydrogens is 437 g/mol. The summed E-state index contributed by atoms with van der Waals surface area (Å²) in [7, 11) is -3.48. The number of rotatable bonds is 9. The molecule has 2 aromatic carbocycles. The molecule has 0 heterocycles. The number of carbonyl (C=O) groups excluding carboxylic acids is 3. The molecule has 2 rings (SSSR count). The number of ether oxygens (including phenoxy) is 2. The Bertz CT molecular complexity index is 964. The Kier molecular flexibility index (Phi) is 9.13. The minimum Gasteiger partial charge on any atom is -0.467 e. The van der Waals surface area contributed by atoms with Gasteiger partial charge in [-0.3, -0.25) is 9.09 Å². The molecule has 10 heteroatoms. The minimum absolute atomic E-state index is 0.0141. The summed E-state index contributed by atoms with van der Waals surface area (Å²) in [6.45, 7) is 3.14. The maximum atomic E-state index is 13.0. The molecular formula is C22H26NO8P. The number of alkyl carbamates (subject to hydrolysis) is 1. The van der Waals surface area contributed by atoms with Crippen LogP contribution in [0.15, 0.2) is 60.7 Å². The number of nitrogens with one attached hydrogen (secondary N) is 1. The Balaban J connectivity index is 2.13. The topological polar surface area (TPSA) is 128 Å². The Morgan fingerprint density at radius 1 is 1.00 bits per heavy atom. The van der Waals surface area contributed by atoms with E-state index in [1.54, 1.807) is 62.4 Å². The number of amides is 1. The number of hydrogen-bond donors (Lipinski definition) is 2. The fourth-order valence-corrected chi connectivity index (χ4v) is 4.54. The van der Waals surface area contributed by atoms with Crippen LogP contribution in [-0.4, -0.2) is 41.9 Å². The van der Waals surface area contributed by atoms with Crippen molar-refractivity contribution in [3.63, 3.8) is 0 Å². The highest BCUT2D eigenvalue weighted by atomic mass is 31.2. The maximum absolute atomic E-state index is 13.0. The van der Waals surface area contributed by atoms with Crippen LogP contribution in [0.4, 0.5) is 4.79 Å². The number of benzene rings is 2. The largest absolute Gasteiger partial charge is 0.467 e. The lowest BCUT2D eigenvalue weighted by Crippen LogP contribution is -2.41. The second-order valence-electron chi connectivity index (χ2n) is 7.25. The van der Waals surface area contributed by atoms with Gasteiger partial charge in [-0.1, -0.05) is 62.4 Å². The molecule has 0 aliphatic heterocycles. The highest BCUT2D eigenvalue weighted by Gasteiger charge is 2.41. The quantitative estimate of drug-likeness (QED) is 0.328. The first-order valence-corrected chi connectivity index (χ1v) is 11.5. The third kappa shape index (κ3) is 7.30. The fourth-order valence-electron chi connectivity index (χ4n) is 2.86. The Labute approximate surface area is 186 Å². The van der Waals surface area contributed by atoms with Gasteiger partial charge in [-0.15, -0.1) is 0 Å². The third-order valence-electron chi connectivity index (χ3n) is 4.45. The highest BCUT2D eigenvalue weighted by Crippen LogP contribution is 2.50. The van der Waals surface area contributed by atoms with Gasteiger partial charge in [-0.05, 0) is 23.6 Å². The van der Waals surface area contributed by atoms with Crippen molar-refractivity contribution in [3.8, 4) is 0 Å². The summed E-state index contributed by atoms with van der Waals surface area (Å²) in [5.41, 5.74) is 0.825. The van der Waals surface area contributed by atoms with Crippen LogP contribution in [0.1, 0.15) is 29.8 Å². The molecule has 2 aromatic rings. The monoisotopic (exact) mass is 463 g/mol. The molecule has 0 saturated carbocycles. The lowest BCUT2D eigenvalue weighted by atomic mass is 10.1. The van der Waals surface area contributed by atoms with Gasteiger partial charge in [0.15, 0.2) is 6.10 Å². The van der Waals surface area contributed by atoms with E-state index in [4.69, 9.17) is 14.0 Å². The minimum atomic E-state index is -4.61. The lowest BCUT2D eigenvalue weighted by molar-refractivity contribution is -0.149. The first-order valence-electron chi connectivity index (χ1n) is 9.84. The predicted octanol–water partition coefficient (Wildman–Crippen LogP) is 3.52. The molecule has 32 heavy (non-hydrogen) atoms. The summed E-state index contributed by atoms with van der Waals surface area (Å²) < 4.78 is 27.7. The molecule has 1 unspecified atom stereocenters. The van der Waals surface area contributed by atoms with E-state index in [-0.39, 0.29) is 12.0 Å². The number of carbonyl (C=O) groups is 3. The molecule has 0 aromatic heterocycles. The van der Waals surface area contributed by atoms with E-state index in [1.807, 2.05) is 0 Å². The molecule has 1 amide bonds. The van der Waals surface area contributed by atoms with Crippen molar-refractivity contribution in [1.82, 2.24) is 5.32 Å². The van der Waals surface area contributed by atoms with Gasteiger partial charge in [0, 0.05) is 6.42 Å². The standard InChI is InChI=1S/C22H26NO8P/c1-15(2)19(23-22(26)30-20(24)17-12-8-5-9-13-17)32(27,28)31-18(21(25)29-3)14-16-10-6-4-7-11-16/h4-13,15,18-19H,14H2,1-3H3,(H,23,26)(H,27,28)/t18-,19+/m1/s1. The average molecular weight is 463 g/mol. The van der Waals surface area contributed by atoms with E-state index in [9.17, 15) is 23.8 Å². The summed E-state index contributed by atoms with van der Waals surface area (Å²) in [5.74, 6) is -3.80. The SMILES string of the molecule is COC(=O)[C@@H](Cc1ccccc1)OP(=O)(O)[C@H](NC(=O)OC(=O)c1ccccc1)C(C)C. The molecule has 0 bridgehead atoms. The molecule has 0 spiro atoms. The van der Waals surface area contributed by atoms with Crippen molar-refractivity contribution < 1.29 is 37.8 Å². The molecule has 9 nitrogen and oxygen atoms in total. The fraction of sp³-hybridized carbons (Fsp3) is 0.318. The van der Waals surface area contributed by atoms with Crippen LogP contribution in [0.2, 0.25) is 0 Å². The van der Waals surface area contributed by atoms with E-state index in [0.717, 1.165) is 7.11 Å².